The fraction of sp³-hybridized carbons (Fsp3) is 1.00. The topological polar surface area (TPSA) is 0 Å². The number of hydrogen-bond donors (Lipinski definition) is 0. The highest BCUT2D eigenvalue weighted by molar-refractivity contribution is 5.19. The fourth-order valence-corrected chi connectivity index (χ4v) is 14.6. The maximum absolute atomic E-state index is 2.85. The van der Waals surface area contributed by atoms with Gasteiger partial charge in [0.25, 0.3) is 0 Å². The van der Waals surface area contributed by atoms with Crippen LogP contribution in [0, 0.1) is 73.9 Å². The van der Waals surface area contributed by atoms with Crippen LogP contribution in [0.4, 0.5) is 0 Å². The number of rotatable bonds is 0. The molecule has 0 heterocycles. The van der Waals surface area contributed by atoms with Crippen LogP contribution in [0.25, 0.3) is 0 Å². The van der Waals surface area contributed by atoms with E-state index in [1.807, 2.05) is 0 Å². The van der Waals surface area contributed by atoms with Crippen LogP contribution in [0.3, 0.4) is 0 Å². The molecule has 0 spiro atoms. The molecule has 12 atom stereocenters. The van der Waals surface area contributed by atoms with Crippen molar-refractivity contribution in [3.8, 4) is 0 Å². The molecule has 0 nitrogen and oxygen atoms in total. The van der Waals surface area contributed by atoms with E-state index >= 15 is 0 Å². The largest absolute Gasteiger partial charge is 0.0622 e. The summed E-state index contributed by atoms with van der Waals surface area (Å²) in [6, 6.07) is 0. The zero-order valence-electron chi connectivity index (χ0n) is 25.2. The van der Waals surface area contributed by atoms with Crippen molar-refractivity contribution in [2.45, 2.75) is 146 Å². The first-order valence-corrected chi connectivity index (χ1v) is 16.2. The summed E-state index contributed by atoms with van der Waals surface area (Å²) >= 11 is 0. The van der Waals surface area contributed by atoms with Gasteiger partial charge in [-0.2, -0.15) is 0 Å². The van der Waals surface area contributed by atoms with Gasteiger partial charge in [0.15, 0.2) is 0 Å². The van der Waals surface area contributed by atoms with Crippen LogP contribution in [-0.4, -0.2) is 0 Å². The van der Waals surface area contributed by atoms with Gasteiger partial charge in [-0.1, -0.05) is 75.2 Å². The molecule has 0 heteroatoms. The van der Waals surface area contributed by atoms with E-state index in [9.17, 15) is 0 Å². The van der Waals surface area contributed by atoms with Gasteiger partial charge in [-0.05, 0) is 145 Å². The summed E-state index contributed by atoms with van der Waals surface area (Å²) in [5.74, 6) is 6.67. The Bertz CT molecular complexity index is 854. The lowest BCUT2D eigenvalue weighted by Gasteiger charge is -2.74. The third-order valence-electron chi connectivity index (χ3n) is 16.3. The predicted octanol–water partition coefficient (Wildman–Crippen LogP) is 10.6. The Labute approximate surface area is 219 Å². The summed E-state index contributed by atoms with van der Waals surface area (Å²) in [4.78, 5) is 0. The van der Waals surface area contributed by atoms with Gasteiger partial charge in [-0.15, -0.1) is 0 Å². The summed E-state index contributed by atoms with van der Waals surface area (Å²) < 4.78 is 0. The maximum Gasteiger partial charge on any atom is -0.0259 e. The minimum Gasteiger partial charge on any atom is -0.0622 e. The van der Waals surface area contributed by atoms with Crippen LogP contribution in [0.1, 0.15) is 146 Å². The highest BCUT2D eigenvalue weighted by Gasteiger charge is 2.70. The minimum absolute atomic E-state index is 0.558. The lowest BCUT2D eigenvalue weighted by molar-refractivity contribution is -0.254. The molecule has 0 saturated heterocycles. The Morgan fingerprint density at radius 1 is 0.400 bits per heavy atom. The van der Waals surface area contributed by atoms with Gasteiger partial charge < -0.3 is 0 Å². The summed E-state index contributed by atoms with van der Waals surface area (Å²) in [6.45, 7) is 24.5. The van der Waals surface area contributed by atoms with E-state index < -0.39 is 0 Å². The first-order chi connectivity index (χ1) is 16.2. The lowest BCUT2D eigenvalue weighted by Crippen LogP contribution is -2.67. The normalized spacial score (nSPS) is 61.5. The molecule has 0 radical (unpaired) electrons. The highest BCUT2D eigenvalue weighted by Crippen LogP contribution is 2.78. The molecule has 6 saturated carbocycles. The second kappa shape index (κ2) is 7.56. The molecule has 6 aliphatic rings. The highest BCUT2D eigenvalue weighted by atomic mass is 14.7. The van der Waals surface area contributed by atoms with Crippen LogP contribution in [0.15, 0.2) is 0 Å². The van der Waals surface area contributed by atoms with Crippen molar-refractivity contribution >= 4 is 0 Å². The second-order valence-corrected chi connectivity index (χ2v) is 17.6. The summed E-state index contributed by atoms with van der Waals surface area (Å²) in [5, 5.41) is 0. The van der Waals surface area contributed by atoms with E-state index in [1.165, 1.54) is 83.5 Å². The number of fused-ring (bicyclic) bond motifs is 9. The van der Waals surface area contributed by atoms with E-state index in [2.05, 4.69) is 62.3 Å². The molecule has 0 N–H and O–H groups in total. The molecule has 6 rings (SSSR count). The molecule has 0 aromatic rings. The van der Waals surface area contributed by atoms with Crippen molar-refractivity contribution in [2.75, 3.05) is 0 Å². The van der Waals surface area contributed by atoms with Crippen molar-refractivity contribution in [1.29, 1.82) is 0 Å². The zero-order valence-corrected chi connectivity index (χ0v) is 25.2. The minimum atomic E-state index is 0.558. The average molecular weight is 481 g/mol. The first-order valence-electron chi connectivity index (χ1n) is 16.2. The average Bonchev–Trinajstić information content (AvgIpc) is 2.75. The molecule has 0 aromatic heterocycles. The Balaban J connectivity index is 1.35. The second-order valence-electron chi connectivity index (χ2n) is 17.6. The smallest absolute Gasteiger partial charge is 0.0259 e. The van der Waals surface area contributed by atoms with E-state index in [-0.39, 0.29) is 0 Å². The Hall–Kier alpha value is 0. The summed E-state index contributed by atoms with van der Waals surface area (Å²) in [7, 11) is 0. The summed E-state index contributed by atoms with van der Waals surface area (Å²) in [5.41, 5.74) is 3.50. The monoisotopic (exact) mass is 480 g/mol. The van der Waals surface area contributed by atoms with Crippen molar-refractivity contribution in [1.82, 2.24) is 0 Å². The van der Waals surface area contributed by atoms with Crippen LogP contribution in [-0.2, 0) is 0 Å². The van der Waals surface area contributed by atoms with Gasteiger partial charge in [0.05, 0.1) is 0 Å². The van der Waals surface area contributed by atoms with Gasteiger partial charge in [0.1, 0.15) is 0 Å². The van der Waals surface area contributed by atoms with Crippen LogP contribution in [0.2, 0.25) is 0 Å². The van der Waals surface area contributed by atoms with Crippen LogP contribution in [0.5, 0.6) is 0 Å². The molecule has 0 bridgehead atoms. The SMILES string of the molecule is C[C@@H]1CC[C@H]2[C@]3(C)CC[C@@H]4[C@](C)(CC[C@H]5[C@@]4(C)CC[C@H]4C(C)(C)CCC[C@]54C)[C@H]3CC[C@]2(C)[C@H]1C. The molecular weight excluding hydrogens is 420 g/mol. The van der Waals surface area contributed by atoms with Gasteiger partial charge in [0.2, 0.25) is 0 Å². The fourth-order valence-electron chi connectivity index (χ4n) is 14.6. The summed E-state index contributed by atoms with van der Waals surface area (Å²) in [6.07, 6.45) is 19.7. The van der Waals surface area contributed by atoms with E-state index in [4.69, 9.17) is 0 Å². The van der Waals surface area contributed by atoms with Gasteiger partial charge in [-0.3, -0.25) is 0 Å². The van der Waals surface area contributed by atoms with Crippen LogP contribution >= 0.6 is 0 Å². The van der Waals surface area contributed by atoms with Gasteiger partial charge in [-0.25, -0.2) is 0 Å². The molecule has 0 aliphatic heterocycles. The van der Waals surface area contributed by atoms with E-state index in [0.717, 1.165) is 41.4 Å². The molecule has 0 unspecified atom stereocenters. The van der Waals surface area contributed by atoms with Gasteiger partial charge >= 0.3 is 0 Å². The quantitative estimate of drug-likeness (QED) is 0.323. The third kappa shape index (κ3) is 3.04. The van der Waals surface area contributed by atoms with Crippen molar-refractivity contribution < 1.29 is 0 Å². The molecule has 6 fully saturated rings. The molecular formula is C35H60. The van der Waals surface area contributed by atoms with Crippen molar-refractivity contribution in [3.05, 3.63) is 0 Å². The Kier molecular flexibility index (Phi) is 5.46. The number of hydrogen-bond acceptors (Lipinski definition) is 0. The van der Waals surface area contributed by atoms with Crippen molar-refractivity contribution in [3.63, 3.8) is 0 Å². The lowest BCUT2D eigenvalue weighted by atomic mass is 9.30. The molecule has 200 valence electrons. The Morgan fingerprint density at radius 3 is 1.31 bits per heavy atom. The van der Waals surface area contributed by atoms with E-state index in [0.29, 0.717) is 32.5 Å². The van der Waals surface area contributed by atoms with Gasteiger partial charge in [0, 0.05) is 0 Å². The molecule has 6 aliphatic carbocycles. The maximum atomic E-state index is 2.85. The van der Waals surface area contributed by atoms with E-state index in [1.54, 1.807) is 0 Å². The Morgan fingerprint density at radius 2 is 0.800 bits per heavy atom. The zero-order chi connectivity index (χ0) is 25.2. The van der Waals surface area contributed by atoms with Crippen molar-refractivity contribution in [2.24, 2.45) is 73.9 Å². The predicted molar refractivity (Wildman–Crippen MR) is 150 cm³/mol. The van der Waals surface area contributed by atoms with Crippen LogP contribution < -0.4 is 0 Å². The third-order valence-corrected chi connectivity index (χ3v) is 16.3. The standard InChI is InChI=1S/C35H60/c1-23-11-12-26-31(5,24(23)2)19-14-28-33(26,7)21-16-29-34(8)20-13-25-30(3,4)17-10-18-32(25,6)27(34)15-22-35(28,29)9/h23-29H,10-22H2,1-9H3/t23-,24+,25+,26-,27-,28+,29+,31-,32+,33+,34-,35-/m1/s1. The molecule has 0 amide bonds. The molecule has 35 heavy (non-hydrogen) atoms. The molecule has 0 aromatic carbocycles. The first kappa shape index (κ1) is 25.3.